The molecule has 1 N–H and O–H groups in total. The van der Waals surface area contributed by atoms with Gasteiger partial charge < -0.3 is 10.1 Å². The average Bonchev–Trinajstić information content (AvgIpc) is 3.40. The molecule has 3 heterocycles. The molecule has 1 fully saturated rings. The van der Waals surface area contributed by atoms with Crippen LogP contribution >= 0.6 is 0 Å². The molecule has 4 aromatic rings. The summed E-state index contributed by atoms with van der Waals surface area (Å²) in [6.45, 7) is 1.50. The van der Waals surface area contributed by atoms with Gasteiger partial charge in [-0.05, 0) is 43.3 Å². The number of para-hydroxylation sites is 1. The first-order valence-corrected chi connectivity index (χ1v) is 10.9. The highest BCUT2D eigenvalue weighted by molar-refractivity contribution is 7.90. The van der Waals surface area contributed by atoms with Gasteiger partial charge in [0.15, 0.2) is 0 Å². The summed E-state index contributed by atoms with van der Waals surface area (Å²) in [5.41, 5.74) is 0.853. The Bertz CT molecular complexity index is 1380. The van der Waals surface area contributed by atoms with Crippen LogP contribution in [-0.4, -0.2) is 36.6 Å². The maximum Gasteiger partial charge on any atom is 0.271 e. The van der Waals surface area contributed by atoms with Crippen molar-refractivity contribution in [3.63, 3.8) is 0 Å². The molecular formula is C21H17F2N3O3S. The molecule has 9 heteroatoms. The van der Waals surface area contributed by atoms with Crippen molar-refractivity contribution in [1.29, 1.82) is 0 Å². The Morgan fingerprint density at radius 1 is 1.10 bits per heavy atom. The molecule has 0 radical (unpaired) electrons. The number of fused-ring (bicyclic) bond motifs is 3. The molecule has 0 spiro atoms. The Morgan fingerprint density at radius 2 is 1.93 bits per heavy atom. The minimum atomic E-state index is -4.40. The Kier molecular flexibility index (Phi) is 4.44. The Labute approximate surface area is 171 Å². The van der Waals surface area contributed by atoms with Crippen molar-refractivity contribution >= 4 is 31.8 Å². The van der Waals surface area contributed by atoms with Crippen LogP contribution in [0.2, 0.25) is 0 Å². The fraction of sp³-hybridized carbons (Fsp3) is 0.190. The number of hydrogen-bond donors (Lipinski definition) is 1. The van der Waals surface area contributed by atoms with Crippen LogP contribution in [0.15, 0.2) is 59.6 Å². The highest BCUT2D eigenvalue weighted by Crippen LogP contribution is 2.35. The van der Waals surface area contributed by atoms with Gasteiger partial charge >= 0.3 is 0 Å². The summed E-state index contributed by atoms with van der Waals surface area (Å²) in [6.07, 6.45) is 2.05. The van der Waals surface area contributed by atoms with Gasteiger partial charge in [0.2, 0.25) is 5.88 Å². The van der Waals surface area contributed by atoms with Crippen LogP contribution in [-0.2, 0) is 10.0 Å². The monoisotopic (exact) mass is 429 g/mol. The van der Waals surface area contributed by atoms with Gasteiger partial charge in [-0.1, -0.05) is 18.2 Å². The number of rotatable bonds is 4. The zero-order valence-corrected chi connectivity index (χ0v) is 16.5. The summed E-state index contributed by atoms with van der Waals surface area (Å²) in [5, 5.41) is 4.26. The molecule has 0 bridgehead atoms. The number of ether oxygens (including phenoxy) is 1. The third-order valence-electron chi connectivity index (χ3n) is 5.19. The summed E-state index contributed by atoms with van der Waals surface area (Å²) >= 11 is 0. The van der Waals surface area contributed by atoms with Crippen LogP contribution < -0.4 is 10.1 Å². The van der Waals surface area contributed by atoms with Crippen molar-refractivity contribution in [3.8, 4) is 5.88 Å². The van der Waals surface area contributed by atoms with E-state index in [0.717, 1.165) is 29.1 Å². The van der Waals surface area contributed by atoms with Crippen molar-refractivity contribution in [2.24, 2.45) is 0 Å². The summed E-state index contributed by atoms with van der Waals surface area (Å²) < 4.78 is 61.6. The van der Waals surface area contributed by atoms with E-state index in [-0.39, 0.29) is 6.10 Å². The van der Waals surface area contributed by atoms with E-state index in [1.807, 2.05) is 0 Å². The Balaban J connectivity index is 1.77. The summed E-state index contributed by atoms with van der Waals surface area (Å²) in [4.78, 5) is 3.84. The molecule has 30 heavy (non-hydrogen) atoms. The number of benzene rings is 2. The van der Waals surface area contributed by atoms with Crippen molar-refractivity contribution in [1.82, 2.24) is 14.3 Å². The van der Waals surface area contributed by atoms with Crippen molar-refractivity contribution in [2.45, 2.75) is 17.4 Å². The minimum absolute atomic E-state index is 0.0810. The first-order valence-electron chi connectivity index (χ1n) is 9.43. The van der Waals surface area contributed by atoms with Crippen LogP contribution in [0.3, 0.4) is 0 Å². The molecule has 1 aliphatic rings. The van der Waals surface area contributed by atoms with Crippen LogP contribution in [0.4, 0.5) is 8.78 Å². The van der Waals surface area contributed by atoms with Gasteiger partial charge in [0.25, 0.3) is 10.0 Å². The second kappa shape index (κ2) is 7.03. The van der Waals surface area contributed by atoms with E-state index in [9.17, 15) is 17.2 Å². The lowest BCUT2D eigenvalue weighted by atomic mass is 10.1. The van der Waals surface area contributed by atoms with Crippen molar-refractivity contribution in [2.75, 3.05) is 13.1 Å². The smallest absolute Gasteiger partial charge is 0.271 e. The second-order valence-corrected chi connectivity index (χ2v) is 8.90. The lowest BCUT2D eigenvalue weighted by Crippen LogP contribution is -2.20. The van der Waals surface area contributed by atoms with E-state index < -0.39 is 26.6 Å². The topological polar surface area (TPSA) is 73.2 Å². The maximum atomic E-state index is 14.3. The minimum Gasteiger partial charge on any atom is -0.472 e. The first kappa shape index (κ1) is 19.0. The third-order valence-corrected chi connectivity index (χ3v) is 6.88. The molecular weight excluding hydrogens is 412 g/mol. The van der Waals surface area contributed by atoms with Crippen LogP contribution in [0.1, 0.15) is 6.42 Å². The molecule has 6 nitrogen and oxygen atoms in total. The molecule has 1 saturated heterocycles. The van der Waals surface area contributed by atoms with Crippen molar-refractivity contribution in [3.05, 3.63) is 66.4 Å². The standard InChI is InChI=1S/C21H17F2N3O3S/c22-13-5-6-17(23)19(11-13)30(27,28)26-10-8-16-20(26)15-3-1-2-4-18(15)25-21(16)29-14-7-9-24-12-14/h1-6,8,10-11,14,24H,7,9,12H2. The zero-order chi connectivity index (χ0) is 20.9. The predicted octanol–water partition coefficient (Wildman–Crippen LogP) is 3.45. The summed E-state index contributed by atoms with van der Waals surface area (Å²) in [7, 11) is -4.40. The molecule has 154 valence electrons. The second-order valence-electron chi connectivity index (χ2n) is 7.12. The van der Waals surface area contributed by atoms with Gasteiger partial charge in [-0.15, -0.1) is 0 Å². The Morgan fingerprint density at radius 3 is 2.73 bits per heavy atom. The SMILES string of the molecule is O=S(=O)(c1cc(F)ccc1F)n1ccc2c(OC3CCNC3)nc3ccccc3c21. The number of pyridine rings is 1. The highest BCUT2D eigenvalue weighted by Gasteiger charge is 2.27. The van der Waals surface area contributed by atoms with Crippen LogP contribution in [0.25, 0.3) is 21.8 Å². The zero-order valence-electron chi connectivity index (χ0n) is 15.7. The van der Waals surface area contributed by atoms with Crippen LogP contribution in [0, 0.1) is 11.6 Å². The predicted molar refractivity (Wildman–Crippen MR) is 108 cm³/mol. The van der Waals surface area contributed by atoms with E-state index in [1.165, 1.54) is 6.20 Å². The number of hydrogen-bond acceptors (Lipinski definition) is 5. The van der Waals surface area contributed by atoms with Crippen molar-refractivity contribution < 1.29 is 21.9 Å². The third kappa shape index (κ3) is 3.01. The van der Waals surface area contributed by atoms with E-state index in [4.69, 9.17) is 4.74 Å². The molecule has 0 aliphatic carbocycles. The molecule has 0 amide bonds. The van der Waals surface area contributed by atoms with Gasteiger partial charge in [0.1, 0.15) is 22.6 Å². The number of nitrogens with zero attached hydrogens (tertiary/aromatic N) is 2. The maximum absolute atomic E-state index is 14.3. The molecule has 1 atom stereocenters. The number of aromatic nitrogens is 2. The van der Waals surface area contributed by atoms with E-state index in [1.54, 1.807) is 30.3 Å². The van der Waals surface area contributed by atoms with E-state index >= 15 is 0 Å². The normalized spacial score (nSPS) is 17.1. The fourth-order valence-corrected chi connectivity index (χ4v) is 5.20. The number of halogens is 2. The number of nitrogens with one attached hydrogen (secondary N) is 1. The van der Waals surface area contributed by atoms with Gasteiger partial charge in [0, 0.05) is 18.1 Å². The quantitative estimate of drug-likeness (QED) is 0.538. The average molecular weight is 429 g/mol. The van der Waals surface area contributed by atoms with Crippen LogP contribution in [0.5, 0.6) is 5.88 Å². The van der Waals surface area contributed by atoms with Gasteiger partial charge in [-0.25, -0.2) is 26.2 Å². The molecule has 1 unspecified atom stereocenters. The molecule has 1 aliphatic heterocycles. The highest BCUT2D eigenvalue weighted by atomic mass is 32.2. The molecule has 5 rings (SSSR count). The molecule has 2 aromatic carbocycles. The van der Waals surface area contributed by atoms with E-state index in [2.05, 4.69) is 10.3 Å². The lowest BCUT2D eigenvalue weighted by Gasteiger charge is -2.15. The van der Waals surface area contributed by atoms with Gasteiger partial charge in [-0.3, -0.25) is 0 Å². The summed E-state index contributed by atoms with van der Waals surface area (Å²) in [5.74, 6) is -1.55. The molecule has 2 aromatic heterocycles. The molecule has 0 saturated carbocycles. The van der Waals surface area contributed by atoms with Gasteiger partial charge in [0.05, 0.1) is 16.4 Å². The largest absolute Gasteiger partial charge is 0.472 e. The van der Waals surface area contributed by atoms with Gasteiger partial charge in [-0.2, -0.15) is 0 Å². The summed E-state index contributed by atoms with van der Waals surface area (Å²) in [6, 6.07) is 11.0. The van der Waals surface area contributed by atoms with E-state index in [0.29, 0.717) is 40.3 Å². The lowest BCUT2D eigenvalue weighted by molar-refractivity contribution is 0.218. The fourth-order valence-electron chi connectivity index (χ4n) is 3.75. The first-order chi connectivity index (χ1) is 14.4. The Hall–Kier alpha value is -3.04.